The maximum Gasteiger partial charge on any atom is 0.251 e. The van der Waals surface area contributed by atoms with E-state index in [9.17, 15) is 23.6 Å². The Balaban J connectivity index is 2.75. The minimum atomic E-state index is -1.18. The molecule has 0 aliphatic carbocycles. The summed E-state index contributed by atoms with van der Waals surface area (Å²) in [6.45, 7) is 4.10. The van der Waals surface area contributed by atoms with Gasteiger partial charge in [0.15, 0.2) is 17.5 Å². The van der Waals surface area contributed by atoms with E-state index < -0.39 is 48.1 Å². The first-order valence-corrected chi connectivity index (χ1v) is 11.8. The second-order valence-corrected chi connectivity index (χ2v) is 9.26. The second-order valence-electron chi connectivity index (χ2n) is 8.35. The minimum absolute atomic E-state index is 0.0901. The van der Waals surface area contributed by atoms with Crippen molar-refractivity contribution in [1.29, 1.82) is 0 Å². The first-order valence-electron chi connectivity index (χ1n) is 11.0. The van der Waals surface area contributed by atoms with Crippen LogP contribution >= 0.6 is 15.9 Å². The zero-order chi connectivity index (χ0) is 25.8. The average molecular weight is 542 g/mol. The highest BCUT2D eigenvalue weighted by Crippen LogP contribution is 2.16. The number of nitrogens with two attached hydrogens (primary N) is 2. The van der Waals surface area contributed by atoms with E-state index >= 15 is 0 Å². The maximum atomic E-state index is 13.0. The average Bonchev–Trinajstić information content (AvgIpc) is 2.78. The smallest absolute Gasteiger partial charge is 0.251 e. The molecule has 1 rings (SSSR count). The third-order valence-corrected chi connectivity index (χ3v) is 5.75. The third kappa shape index (κ3) is 9.98. The number of carbonyl (C=O) groups is 4. The molecule has 0 unspecified atom stereocenters. The number of nitrogens with one attached hydrogen (secondary N) is 2. The van der Waals surface area contributed by atoms with Crippen LogP contribution < -0.4 is 22.1 Å². The number of hydrogen-bond donors (Lipinski definition) is 4. The van der Waals surface area contributed by atoms with Crippen molar-refractivity contribution in [3.63, 3.8) is 0 Å². The highest BCUT2D eigenvalue weighted by atomic mass is 79.9. The molecule has 0 radical (unpaired) electrons. The Hall–Kier alpha value is -2.82. The number of benzene rings is 1. The minimum Gasteiger partial charge on any atom is -0.370 e. The van der Waals surface area contributed by atoms with Crippen molar-refractivity contribution in [2.75, 3.05) is 13.2 Å². The predicted octanol–water partition coefficient (Wildman–Crippen LogP) is 1.88. The highest BCUT2D eigenvalue weighted by molar-refractivity contribution is 9.10. The SMILES string of the molecule is CC(C)[C@H](NC(=O)c1ccc(Br)cc1)C(=O)N[C@@H](C)C(=O)C[C@@H](CCCN=C(N)N)C(=O)CF. The zero-order valence-corrected chi connectivity index (χ0v) is 21.2. The zero-order valence-electron chi connectivity index (χ0n) is 19.6. The Bertz CT molecular complexity index is 888. The lowest BCUT2D eigenvalue weighted by molar-refractivity contribution is -0.131. The maximum absolute atomic E-state index is 13.0. The van der Waals surface area contributed by atoms with Crippen molar-refractivity contribution in [2.24, 2.45) is 28.3 Å². The van der Waals surface area contributed by atoms with Gasteiger partial charge >= 0.3 is 0 Å². The van der Waals surface area contributed by atoms with E-state index in [0.717, 1.165) is 4.47 Å². The first kappa shape index (κ1) is 29.2. The lowest BCUT2D eigenvalue weighted by Gasteiger charge is -2.24. The Morgan fingerprint density at radius 1 is 1.03 bits per heavy atom. The molecule has 0 aromatic heterocycles. The van der Waals surface area contributed by atoms with Gasteiger partial charge in [0.1, 0.15) is 12.7 Å². The molecule has 6 N–H and O–H groups in total. The summed E-state index contributed by atoms with van der Waals surface area (Å²) in [4.78, 5) is 53.8. The van der Waals surface area contributed by atoms with Crippen LogP contribution in [0, 0.1) is 11.8 Å². The van der Waals surface area contributed by atoms with Crippen LogP contribution in [0.3, 0.4) is 0 Å². The van der Waals surface area contributed by atoms with Gasteiger partial charge in [-0.15, -0.1) is 0 Å². The molecule has 0 aliphatic rings. The molecule has 3 atom stereocenters. The van der Waals surface area contributed by atoms with E-state index in [4.69, 9.17) is 11.5 Å². The lowest BCUT2D eigenvalue weighted by atomic mass is 9.91. The number of Topliss-reactive ketones (excluding diaryl/α,β-unsaturated/α-hetero) is 2. The molecule has 0 spiro atoms. The molecule has 1 aromatic rings. The van der Waals surface area contributed by atoms with Gasteiger partial charge in [0.2, 0.25) is 5.91 Å². The normalized spacial score (nSPS) is 13.5. The number of ketones is 2. The molecule has 11 heteroatoms. The molecule has 0 aliphatic heterocycles. The molecular formula is C23H33BrFN5O4. The standard InChI is InChI=1S/C23H33BrFN5O4/c1-13(2)20(30-21(33)15-6-8-17(24)9-7-15)22(34)29-14(3)18(31)11-16(19(32)12-25)5-4-10-28-23(26)27/h6-9,13-14,16,20H,4-5,10-12H2,1-3H3,(H,29,34)(H,30,33)(H4,26,27,28)/t14-,16+,20-/m0/s1. The summed E-state index contributed by atoms with van der Waals surface area (Å²) in [6.07, 6.45) is 0.424. The second kappa shape index (κ2) is 14.4. The number of aliphatic imine (C=N–C) groups is 1. The molecule has 1 aromatic carbocycles. The van der Waals surface area contributed by atoms with Crippen molar-refractivity contribution >= 4 is 45.3 Å². The lowest BCUT2D eigenvalue weighted by Crippen LogP contribution is -2.53. The number of amides is 2. The third-order valence-electron chi connectivity index (χ3n) is 5.22. The topological polar surface area (TPSA) is 157 Å². The van der Waals surface area contributed by atoms with E-state index in [1.807, 2.05) is 0 Å². The van der Waals surface area contributed by atoms with Gasteiger partial charge in [-0.05, 0) is 49.9 Å². The van der Waals surface area contributed by atoms with Gasteiger partial charge in [0.05, 0.1) is 6.04 Å². The summed E-state index contributed by atoms with van der Waals surface area (Å²) in [5, 5.41) is 5.29. The number of guanidine groups is 1. The summed E-state index contributed by atoms with van der Waals surface area (Å²) in [6, 6.07) is 4.87. The quantitative estimate of drug-likeness (QED) is 0.160. The van der Waals surface area contributed by atoms with Crippen LogP contribution in [-0.2, 0) is 14.4 Å². The van der Waals surface area contributed by atoms with Crippen LogP contribution in [0.25, 0.3) is 0 Å². The summed E-state index contributed by atoms with van der Waals surface area (Å²) in [5.41, 5.74) is 10.9. The van der Waals surface area contributed by atoms with E-state index in [2.05, 4.69) is 31.6 Å². The fourth-order valence-corrected chi connectivity index (χ4v) is 3.46. The fourth-order valence-electron chi connectivity index (χ4n) is 3.20. The highest BCUT2D eigenvalue weighted by Gasteiger charge is 2.29. The molecule has 0 fully saturated rings. The summed E-state index contributed by atoms with van der Waals surface area (Å²) in [5.74, 6) is -3.21. The molecule has 0 saturated carbocycles. The number of carbonyl (C=O) groups excluding carboxylic acids is 4. The Morgan fingerprint density at radius 3 is 2.18 bits per heavy atom. The number of hydrogen-bond acceptors (Lipinski definition) is 5. The van der Waals surface area contributed by atoms with Gasteiger partial charge in [0.25, 0.3) is 5.91 Å². The monoisotopic (exact) mass is 541 g/mol. The van der Waals surface area contributed by atoms with Crippen LogP contribution in [0.5, 0.6) is 0 Å². The molecule has 0 saturated heterocycles. The molecule has 9 nitrogen and oxygen atoms in total. The van der Waals surface area contributed by atoms with Crippen LogP contribution in [-0.4, -0.2) is 54.6 Å². The van der Waals surface area contributed by atoms with Crippen LogP contribution in [0.1, 0.15) is 50.4 Å². The van der Waals surface area contributed by atoms with Crippen molar-refractivity contribution < 1.29 is 23.6 Å². The van der Waals surface area contributed by atoms with E-state index in [0.29, 0.717) is 12.0 Å². The van der Waals surface area contributed by atoms with Gasteiger partial charge in [-0.25, -0.2) is 4.39 Å². The molecular weight excluding hydrogens is 509 g/mol. The summed E-state index contributed by atoms with van der Waals surface area (Å²) < 4.78 is 13.8. The van der Waals surface area contributed by atoms with Crippen LogP contribution in [0.2, 0.25) is 0 Å². The Morgan fingerprint density at radius 2 is 1.65 bits per heavy atom. The molecule has 34 heavy (non-hydrogen) atoms. The van der Waals surface area contributed by atoms with Crippen molar-refractivity contribution in [3.05, 3.63) is 34.3 Å². The number of alkyl halides is 1. The summed E-state index contributed by atoms with van der Waals surface area (Å²) >= 11 is 3.30. The molecule has 0 heterocycles. The fraction of sp³-hybridized carbons (Fsp3) is 0.522. The van der Waals surface area contributed by atoms with E-state index in [-0.39, 0.29) is 31.3 Å². The predicted molar refractivity (Wildman–Crippen MR) is 132 cm³/mol. The number of nitrogens with zero attached hydrogens (tertiary/aromatic N) is 1. The molecule has 188 valence electrons. The largest absolute Gasteiger partial charge is 0.370 e. The van der Waals surface area contributed by atoms with Gasteiger partial charge in [0, 0.05) is 28.9 Å². The summed E-state index contributed by atoms with van der Waals surface area (Å²) in [7, 11) is 0. The van der Waals surface area contributed by atoms with E-state index in [1.54, 1.807) is 38.1 Å². The van der Waals surface area contributed by atoms with Gasteiger partial charge in [-0.1, -0.05) is 29.8 Å². The number of halogens is 2. The Labute approximate surface area is 207 Å². The van der Waals surface area contributed by atoms with Crippen molar-refractivity contribution in [1.82, 2.24) is 10.6 Å². The van der Waals surface area contributed by atoms with E-state index in [1.165, 1.54) is 6.92 Å². The van der Waals surface area contributed by atoms with Crippen LogP contribution in [0.4, 0.5) is 4.39 Å². The first-order chi connectivity index (χ1) is 16.0. The Kier molecular flexibility index (Phi) is 12.4. The van der Waals surface area contributed by atoms with Crippen LogP contribution in [0.15, 0.2) is 33.7 Å². The molecule has 0 bridgehead atoms. The van der Waals surface area contributed by atoms with Gasteiger partial charge < -0.3 is 22.1 Å². The molecule has 2 amide bonds. The van der Waals surface area contributed by atoms with Gasteiger partial charge in [-0.2, -0.15) is 0 Å². The van der Waals surface area contributed by atoms with Crippen molar-refractivity contribution in [3.8, 4) is 0 Å². The van der Waals surface area contributed by atoms with Gasteiger partial charge in [-0.3, -0.25) is 24.2 Å². The number of rotatable bonds is 14. The van der Waals surface area contributed by atoms with Crippen molar-refractivity contribution in [2.45, 2.75) is 52.1 Å².